The van der Waals surface area contributed by atoms with Gasteiger partial charge in [-0.2, -0.15) is 0 Å². The lowest BCUT2D eigenvalue weighted by Gasteiger charge is -2.24. The van der Waals surface area contributed by atoms with Crippen molar-refractivity contribution >= 4 is 5.69 Å². The van der Waals surface area contributed by atoms with Crippen LogP contribution in [0.5, 0.6) is 0 Å². The van der Waals surface area contributed by atoms with Crippen LogP contribution in [0.25, 0.3) is 0 Å². The number of benzene rings is 1. The van der Waals surface area contributed by atoms with E-state index in [1.165, 1.54) is 42.6 Å². The van der Waals surface area contributed by atoms with Crippen LogP contribution in [-0.2, 0) is 12.8 Å². The number of aryl methyl sites for hydroxylation is 1. The Morgan fingerprint density at radius 2 is 2.18 bits per heavy atom. The Hall–Kier alpha value is -1.02. The van der Waals surface area contributed by atoms with Crippen molar-refractivity contribution in [1.29, 1.82) is 0 Å². The molecule has 0 saturated heterocycles. The van der Waals surface area contributed by atoms with Gasteiger partial charge in [-0.15, -0.1) is 0 Å². The monoisotopic (exact) mass is 232 g/mol. The van der Waals surface area contributed by atoms with Crippen LogP contribution in [0.15, 0.2) is 18.2 Å². The minimum atomic E-state index is 0.615. The van der Waals surface area contributed by atoms with Gasteiger partial charge in [-0.05, 0) is 63.9 Å². The van der Waals surface area contributed by atoms with Crippen molar-refractivity contribution in [1.82, 2.24) is 5.32 Å². The molecule has 0 saturated carbocycles. The molecule has 0 amide bonds. The Labute approximate surface area is 105 Å². The third kappa shape index (κ3) is 2.81. The molecule has 0 spiro atoms. The lowest BCUT2D eigenvalue weighted by Crippen LogP contribution is -2.28. The first-order chi connectivity index (χ1) is 8.22. The van der Waals surface area contributed by atoms with Crippen molar-refractivity contribution in [2.45, 2.75) is 39.2 Å². The molecule has 0 aliphatic carbocycles. The molecule has 0 bridgehead atoms. The normalized spacial score (nSPS) is 14.5. The van der Waals surface area contributed by atoms with Crippen LogP contribution >= 0.6 is 0 Å². The summed E-state index contributed by atoms with van der Waals surface area (Å²) in [6, 6.07) is 7.65. The van der Waals surface area contributed by atoms with Gasteiger partial charge in [0.15, 0.2) is 0 Å². The highest BCUT2D eigenvalue weighted by Crippen LogP contribution is 2.30. The molecule has 2 heteroatoms. The van der Waals surface area contributed by atoms with Crippen LogP contribution in [0.1, 0.15) is 31.4 Å². The maximum absolute atomic E-state index is 3.21. The molecule has 0 radical (unpaired) electrons. The highest BCUT2D eigenvalue weighted by atomic mass is 15.2. The summed E-state index contributed by atoms with van der Waals surface area (Å²) in [5, 5.41) is 3.21. The van der Waals surface area contributed by atoms with Crippen LogP contribution in [0.4, 0.5) is 5.69 Å². The van der Waals surface area contributed by atoms with E-state index >= 15 is 0 Å². The molecule has 0 fully saturated rings. The zero-order valence-corrected chi connectivity index (χ0v) is 11.3. The van der Waals surface area contributed by atoms with Crippen molar-refractivity contribution in [3.63, 3.8) is 0 Å². The first-order valence-electron chi connectivity index (χ1n) is 6.75. The van der Waals surface area contributed by atoms with E-state index in [4.69, 9.17) is 0 Å². The molecule has 1 aromatic rings. The fraction of sp³-hybridized carbons (Fsp3) is 0.600. The fourth-order valence-corrected chi connectivity index (χ4v) is 2.61. The summed E-state index contributed by atoms with van der Waals surface area (Å²) in [5.41, 5.74) is 4.48. The third-order valence-corrected chi connectivity index (χ3v) is 3.60. The van der Waals surface area contributed by atoms with Gasteiger partial charge in [-0.1, -0.05) is 12.1 Å². The highest BCUT2D eigenvalue weighted by molar-refractivity contribution is 5.60. The van der Waals surface area contributed by atoms with Gasteiger partial charge in [0.05, 0.1) is 0 Å². The Morgan fingerprint density at radius 3 is 2.88 bits per heavy atom. The number of hydrogen-bond acceptors (Lipinski definition) is 2. The molecule has 0 aromatic heterocycles. The van der Waals surface area contributed by atoms with E-state index in [2.05, 4.69) is 42.3 Å². The average Bonchev–Trinajstić information content (AvgIpc) is 2.72. The Morgan fingerprint density at radius 1 is 1.35 bits per heavy atom. The highest BCUT2D eigenvalue weighted by Gasteiger charge is 2.20. The lowest BCUT2D eigenvalue weighted by molar-refractivity contribution is 0.708. The number of anilines is 1. The molecule has 2 rings (SSSR count). The molecule has 17 heavy (non-hydrogen) atoms. The summed E-state index contributed by atoms with van der Waals surface area (Å²) in [7, 11) is 2.02. The first-order valence-corrected chi connectivity index (χ1v) is 6.75. The quantitative estimate of drug-likeness (QED) is 0.785. The van der Waals surface area contributed by atoms with Gasteiger partial charge in [0.25, 0.3) is 0 Å². The van der Waals surface area contributed by atoms with Crippen molar-refractivity contribution < 1.29 is 0 Å². The number of nitrogens with zero attached hydrogens (tertiary/aromatic N) is 1. The molecule has 94 valence electrons. The summed E-state index contributed by atoms with van der Waals surface area (Å²) in [4.78, 5) is 2.52. The van der Waals surface area contributed by atoms with Crippen molar-refractivity contribution in [3.8, 4) is 0 Å². The third-order valence-electron chi connectivity index (χ3n) is 3.60. The molecular formula is C15H24N2. The standard InChI is InChI=1S/C15H24N2/c1-12(2)17-10-8-14-7-6-13(11-15(14)17)5-4-9-16-3/h6-7,11-12,16H,4-5,8-10H2,1-3H3. The van der Waals surface area contributed by atoms with E-state index in [0.29, 0.717) is 6.04 Å². The van der Waals surface area contributed by atoms with E-state index < -0.39 is 0 Å². The molecule has 1 aliphatic heterocycles. The minimum Gasteiger partial charge on any atom is -0.369 e. The maximum Gasteiger partial charge on any atom is 0.0404 e. The molecule has 0 atom stereocenters. The van der Waals surface area contributed by atoms with Crippen molar-refractivity contribution in [2.24, 2.45) is 0 Å². The SMILES string of the molecule is CNCCCc1ccc2c(c1)N(C(C)C)CC2. The Bertz CT molecular complexity index is 371. The molecule has 2 nitrogen and oxygen atoms in total. The predicted octanol–water partition coefficient (Wildman–Crippen LogP) is 2.61. The van der Waals surface area contributed by atoms with Gasteiger partial charge in [0, 0.05) is 18.3 Å². The largest absolute Gasteiger partial charge is 0.369 e. The van der Waals surface area contributed by atoms with Gasteiger partial charge >= 0.3 is 0 Å². The maximum atomic E-state index is 3.21. The van der Waals surface area contributed by atoms with E-state index in [0.717, 1.165) is 6.54 Å². The lowest BCUT2D eigenvalue weighted by atomic mass is 10.0. The van der Waals surface area contributed by atoms with Crippen LogP contribution in [-0.4, -0.2) is 26.2 Å². The number of nitrogens with one attached hydrogen (secondary N) is 1. The fourth-order valence-electron chi connectivity index (χ4n) is 2.61. The average molecular weight is 232 g/mol. The van der Waals surface area contributed by atoms with Gasteiger partial charge in [0.1, 0.15) is 0 Å². The number of hydrogen-bond donors (Lipinski definition) is 1. The topological polar surface area (TPSA) is 15.3 Å². The van der Waals surface area contributed by atoms with E-state index in [1.54, 1.807) is 0 Å². The summed E-state index contributed by atoms with van der Waals surface area (Å²) < 4.78 is 0. The summed E-state index contributed by atoms with van der Waals surface area (Å²) >= 11 is 0. The van der Waals surface area contributed by atoms with Gasteiger partial charge in [-0.3, -0.25) is 0 Å². The molecule has 0 unspecified atom stereocenters. The Kier molecular flexibility index (Phi) is 4.06. The Balaban J connectivity index is 2.10. The van der Waals surface area contributed by atoms with Gasteiger partial charge < -0.3 is 10.2 Å². The van der Waals surface area contributed by atoms with Gasteiger partial charge in [-0.25, -0.2) is 0 Å². The van der Waals surface area contributed by atoms with E-state index in [1.807, 2.05) is 7.05 Å². The number of fused-ring (bicyclic) bond motifs is 1. The van der Waals surface area contributed by atoms with Crippen LogP contribution in [0.3, 0.4) is 0 Å². The van der Waals surface area contributed by atoms with E-state index in [9.17, 15) is 0 Å². The van der Waals surface area contributed by atoms with Crippen molar-refractivity contribution in [3.05, 3.63) is 29.3 Å². The zero-order valence-electron chi connectivity index (χ0n) is 11.3. The summed E-state index contributed by atoms with van der Waals surface area (Å²) in [6.07, 6.45) is 3.61. The molecule has 1 aliphatic rings. The van der Waals surface area contributed by atoms with Gasteiger partial charge in [0.2, 0.25) is 0 Å². The molecular weight excluding hydrogens is 208 g/mol. The number of rotatable bonds is 5. The van der Waals surface area contributed by atoms with Crippen LogP contribution < -0.4 is 10.2 Å². The van der Waals surface area contributed by atoms with Crippen LogP contribution in [0.2, 0.25) is 0 Å². The molecule has 1 N–H and O–H groups in total. The molecule has 1 aromatic carbocycles. The first kappa shape index (κ1) is 12.4. The zero-order chi connectivity index (χ0) is 12.3. The molecule has 1 heterocycles. The van der Waals surface area contributed by atoms with Crippen molar-refractivity contribution in [2.75, 3.05) is 25.0 Å². The summed E-state index contributed by atoms with van der Waals surface area (Å²) in [6.45, 7) is 6.85. The van der Waals surface area contributed by atoms with Crippen LogP contribution in [0, 0.1) is 0 Å². The predicted molar refractivity (Wildman–Crippen MR) is 74.9 cm³/mol. The minimum absolute atomic E-state index is 0.615. The van der Waals surface area contributed by atoms with E-state index in [-0.39, 0.29) is 0 Å². The smallest absolute Gasteiger partial charge is 0.0404 e. The second-order valence-corrected chi connectivity index (χ2v) is 5.21. The summed E-state index contributed by atoms with van der Waals surface area (Å²) in [5.74, 6) is 0. The second-order valence-electron chi connectivity index (χ2n) is 5.21. The second kappa shape index (κ2) is 5.54.